The molecule has 0 atom stereocenters. The maximum atomic E-state index is 6.15. The number of unbranched alkanes of at least 4 members (excludes halogenated alkanes) is 3. The molecule has 0 amide bonds. The summed E-state index contributed by atoms with van der Waals surface area (Å²) in [5.74, 6) is 4.77. The lowest BCUT2D eigenvalue weighted by atomic mass is 10.1. The van der Waals surface area contributed by atoms with E-state index in [9.17, 15) is 0 Å². The summed E-state index contributed by atoms with van der Waals surface area (Å²) < 4.78 is 1.97. The molecule has 0 unspecified atom stereocenters. The molecule has 1 rings (SSSR count). The number of hydrogen-bond acceptors (Lipinski definition) is 2. The van der Waals surface area contributed by atoms with E-state index >= 15 is 0 Å². The fourth-order valence-corrected chi connectivity index (χ4v) is 2.14. The van der Waals surface area contributed by atoms with Crippen LogP contribution in [-0.4, -0.2) is 9.55 Å². The van der Waals surface area contributed by atoms with Crippen LogP contribution in [0.5, 0.6) is 0 Å². The lowest BCUT2D eigenvalue weighted by Crippen LogP contribution is -2.07. The summed E-state index contributed by atoms with van der Waals surface area (Å²) in [7, 11) is 0. The molecule has 0 aliphatic heterocycles. The summed E-state index contributed by atoms with van der Waals surface area (Å²) in [4.78, 5) is 4.67. The highest BCUT2D eigenvalue weighted by Gasteiger charge is 2.15. The molecule has 0 aliphatic rings. The predicted molar refractivity (Wildman–Crippen MR) is 77.4 cm³/mol. The summed E-state index contributed by atoms with van der Waals surface area (Å²) in [6.45, 7) is 6.97. The molecule has 0 radical (unpaired) electrons. The van der Waals surface area contributed by atoms with Gasteiger partial charge in [-0.05, 0) is 12.8 Å². The number of rotatable bonds is 7. The van der Waals surface area contributed by atoms with E-state index in [-0.39, 0.29) is 0 Å². The van der Waals surface area contributed by atoms with Gasteiger partial charge in [0.25, 0.3) is 0 Å². The van der Waals surface area contributed by atoms with Crippen molar-refractivity contribution in [1.29, 1.82) is 0 Å². The Morgan fingerprint density at radius 1 is 1.33 bits per heavy atom. The Hall–Kier alpha value is -1.43. The van der Waals surface area contributed by atoms with Gasteiger partial charge in [0.05, 0.1) is 12.2 Å². The number of imidazole rings is 1. The second-order valence-corrected chi connectivity index (χ2v) is 5.06. The van der Waals surface area contributed by atoms with Crippen molar-refractivity contribution < 1.29 is 0 Å². The van der Waals surface area contributed by atoms with Crippen LogP contribution in [-0.2, 0) is 13.0 Å². The van der Waals surface area contributed by atoms with E-state index in [2.05, 4.69) is 31.7 Å². The molecule has 0 saturated carbocycles. The van der Waals surface area contributed by atoms with Crippen LogP contribution in [0.2, 0.25) is 0 Å². The third-order valence-corrected chi connectivity index (χ3v) is 3.15. The third-order valence-electron chi connectivity index (χ3n) is 3.15. The highest BCUT2D eigenvalue weighted by molar-refractivity contribution is 5.39. The molecular formula is C15H25N3. The molecule has 0 bridgehead atoms. The highest BCUT2D eigenvalue weighted by Crippen LogP contribution is 2.22. The van der Waals surface area contributed by atoms with Gasteiger partial charge in [-0.25, -0.2) is 4.98 Å². The summed E-state index contributed by atoms with van der Waals surface area (Å²) in [5, 5.41) is 0. The van der Waals surface area contributed by atoms with Crippen LogP contribution in [0, 0.1) is 12.3 Å². The number of aromatic nitrogens is 2. The minimum atomic E-state index is 0.352. The standard InChI is InChI=1S/C15H25N3/c1-5-7-8-9-10-13-14(16)18(11-6-2)15(17-13)12(3)4/h2,12H,5,7-11,16H2,1,3-4H3. The van der Waals surface area contributed by atoms with Crippen molar-refractivity contribution in [2.45, 2.75) is 65.3 Å². The molecule has 1 heterocycles. The number of nitrogens with two attached hydrogens (primary N) is 1. The first-order chi connectivity index (χ1) is 8.61. The molecule has 0 aliphatic carbocycles. The van der Waals surface area contributed by atoms with Gasteiger partial charge in [0.15, 0.2) is 0 Å². The van der Waals surface area contributed by atoms with Crippen molar-refractivity contribution in [3.8, 4) is 12.3 Å². The van der Waals surface area contributed by atoms with E-state index < -0.39 is 0 Å². The fourth-order valence-electron chi connectivity index (χ4n) is 2.14. The quantitative estimate of drug-likeness (QED) is 0.593. The minimum Gasteiger partial charge on any atom is -0.384 e. The Morgan fingerprint density at radius 3 is 2.61 bits per heavy atom. The van der Waals surface area contributed by atoms with E-state index in [1.54, 1.807) is 0 Å². The molecule has 0 saturated heterocycles. The number of hydrogen-bond donors (Lipinski definition) is 1. The smallest absolute Gasteiger partial charge is 0.127 e. The van der Waals surface area contributed by atoms with Crippen molar-refractivity contribution in [2.75, 3.05) is 5.73 Å². The fraction of sp³-hybridized carbons (Fsp3) is 0.667. The highest BCUT2D eigenvalue weighted by atomic mass is 15.1. The SMILES string of the molecule is C#CCn1c(C(C)C)nc(CCCCCC)c1N. The van der Waals surface area contributed by atoms with Crippen molar-refractivity contribution in [3.05, 3.63) is 11.5 Å². The van der Waals surface area contributed by atoms with Gasteiger partial charge < -0.3 is 10.3 Å². The largest absolute Gasteiger partial charge is 0.384 e. The van der Waals surface area contributed by atoms with Gasteiger partial charge >= 0.3 is 0 Å². The zero-order valence-corrected chi connectivity index (χ0v) is 11.9. The van der Waals surface area contributed by atoms with Crippen molar-refractivity contribution in [2.24, 2.45) is 0 Å². The molecule has 0 fully saturated rings. The van der Waals surface area contributed by atoms with Crippen LogP contribution in [0.15, 0.2) is 0 Å². The molecule has 1 aromatic heterocycles. The first-order valence-electron chi connectivity index (χ1n) is 6.90. The van der Waals surface area contributed by atoms with E-state index in [1.807, 2.05) is 4.57 Å². The Balaban J connectivity index is 2.80. The molecule has 0 aromatic carbocycles. The van der Waals surface area contributed by atoms with Crippen molar-refractivity contribution in [3.63, 3.8) is 0 Å². The Bertz CT molecular complexity index is 410. The molecule has 18 heavy (non-hydrogen) atoms. The van der Waals surface area contributed by atoms with Crippen LogP contribution in [0.4, 0.5) is 5.82 Å². The topological polar surface area (TPSA) is 43.8 Å². The molecular weight excluding hydrogens is 222 g/mol. The van der Waals surface area contributed by atoms with Gasteiger partial charge in [-0.1, -0.05) is 46.0 Å². The van der Waals surface area contributed by atoms with E-state index in [1.165, 1.54) is 19.3 Å². The van der Waals surface area contributed by atoms with Gasteiger partial charge in [-0.2, -0.15) is 0 Å². The first-order valence-corrected chi connectivity index (χ1v) is 6.90. The van der Waals surface area contributed by atoms with E-state index in [4.69, 9.17) is 12.2 Å². The zero-order chi connectivity index (χ0) is 13.5. The number of nitrogens with zero attached hydrogens (tertiary/aromatic N) is 2. The lowest BCUT2D eigenvalue weighted by Gasteiger charge is -2.08. The van der Waals surface area contributed by atoms with Gasteiger partial charge in [0, 0.05) is 5.92 Å². The molecule has 2 N–H and O–H groups in total. The van der Waals surface area contributed by atoms with Crippen molar-refractivity contribution in [1.82, 2.24) is 9.55 Å². The number of nitrogen functional groups attached to an aromatic ring is 1. The normalized spacial score (nSPS) is 10.8. The maximum absolute atomic E-state index is 6.15. The summed E-state index contributed by atoms with van der Waals surface area (Å²) >= 11 is 0. The van der Waals surface area contributed by atoms with Crippen LogP contribution >= 0.6 is 0 Å². The molecule has 3 heteroatoms. The second-order valence-electron chi connectivity index (χ2n) is 5.06. The number of terminal acetylenes is 1. The number of anilines is 1. The molecule has 3 nitrogen and oxygen atoms in total. The summed E-state index contributed by atoms with van der Waals surface area (Å²) in [5.41, 5.74) is 7.17. The van der Waals surface area contributed by atoms with Gasteiger partial charge in [0.1, 0.15) is 11.6 Å². The Kier molecular flexibility index (Phi) is 5.77. The summed E-state index contributed by atoms with van der Waals surface area (Å²) in [6.07, 6.45) is 11.3. The number of aryl methyl sites for hydroxylation is 1. The van der Waals surface area contributed by atoms with E-state index in [0.717, 1.165) is 30.2 Å². The minimum absolute atomic E-state index is 0.352. The average Bonchev–Trinajstić information content (AvgIpc) is 2.64. The first kappa shape index (κ1) is 14.6. The average molecular weight is 247 g/mol. The van der Waals surface area contributed by atoms with Crippen molar-refractivity contribution >= 4 is 5.82 Å². The predicted octanol–water partition coefficient (Wildman–Crippen LogP) is 3.34. The van der Waals surface area contributed by atoms with Crippen LogP contribution < -0.4 is 5.73 Å². The van der Waals surface area contributed by atoms with Gasteiger partial charge in [-0.15, -0.1) is 6.42 Å². The van der Waals surface area contributed by atoms with Crippen LogP contribution in [0.1, 0.15) is 63.9 Å². The molecule has 100 valence electrons. The molecule has 0 spiro atoms. The van der Waals surface area contributed by atoms with Gasteiger partial charge in [-0.3, -0.25) is 0 Å². The van der Waals surface area contributed by atoms with Crippen LogP contribution in [0.3, 0.4) is 0 Å². The molecule has 1 aromatic rings. The third kappa shape index (κ3) is 3.53. The second kappa shape index (κ2) is 7.10. The lowest BCUT2D eigenvalue weighted by molar-refractivity contribution is 0.660. The maximum Gasteiger partial charge on any atom is 0.127 e. The monoisotopic (exact) mass is 247 g/mol. The Labute approximate surface area is 111 Å². The zero-order valence-electron chi connectivity index (χ0n) is 11.9. The Morgan fingerprint density at radius 2 is 2.06 bits per heavy atom. The van der Waals surface area contributed by atoms with Gasteiger partial charge in [0.2, 0.25) is 0 Å². The summed E-state index contributed by atoms with van der Waals surface area (Å²) in [6, 6.07) is 0. The van der Waals surface area contributed by atoms with Crippen LogP contribution in [0.25, 0.3) is 0 Å². The van der Waals surface area contributed by atoms with E-state index in [0.29, 0.717) is 12.5 Å².